The van der Waals surface area contributed by atoms with Crippen molar-refractivity contribution in [2.45, 2.75) is 0 Å². The van der Waals surface area contributed by atoms with Crippen molar-refractivity contribution in [3.8, 4) is 5.75 Å². The number of hydrogen-bond donors (Lipinski definition) is 1. The monoisotopic (exact) mass is 199 g/mol. The lowest BCUT2D eigenvalue weighted by atomic mass is 10.1. The van der Waals surface area contributed by atoms with E-state index in [0.29, 0.717) is 5.75 Å². The summed E-state index contributed by atoms with van der Waals surface area (Å²) in [6, 6.07) is 9.09. The molecule has 15 heavy (non-hydrogen) atoms. The lowest BCUT2D eigenvalue weighted by Gasteiger charge is -2.10. The van der Waals surface area contributed by atoms with Crippen LogP contribution in [0.4, 0.5) is 0 Å². The highest BCUT2D eigenvalue weighted by Gasteiger charge is 2.11. The molecule has 1 aromatic rings. The molecule has 0 saturated heterocycles. The predicted octanol–water partition coefficient (Wildman–Crippen LogP) is 2.11. The molecule has 1 aromatic carbocycles. The summed E-state index contributed by atoms with van der Waals surface area (Å²) in [4.78, 5) is 11.1. The zero-order valence-corrected chi connectivity index (χ0v) is 7.94. The summed E-state index contributed by atoms with van der Waals surface area (Å²) in [6.45, 7) is 0. The fraction of sp³-hybridized carbons (Fsp3) is 0. The van der Waals surface area contributed by atoms with Crippen LogP contribution in [0.25, 0.3) is 0 Å². The smallest absolute Gasteiger partial charge is 0.182 e. The first-order valence-corrected chi connectivity index (χ1v) is 4.51. The second-order valence-electron chi connectivity index (χ2n) is 3.07. The van der Waals surface area contributed by atoms with Crippen molar-refractivity contribution in [2.75, 3.05) is 0 Å². The maximum Gasteiger partial charge on any atom is 0.182 e. The molecule has 74 valence electrons. The summed E-state index contributed by atoms with van der Waals surface area (Å²) < 4.78 is 5.40. The van der Waals surface area contributed by atoms with Crippen LogP contribution in [0.15, 0.2) is 54.3 Å². The van der Waals surface area contributed by atoms with Crippen molar-refractivity contribution in [2.24, 2.45) is 0 Å². The molecule has 0 aromatic heterocycles. The molecule has 0 bridgehead atoms. The van der Waals surface area contributed by atoms with E-state index in [2.05, 4.69) is 0 Å². The Balaban J connectivity index is 2.19. The number of allylic oxidation sites excluding steroid dienone is 3. The Hall–Kier alpha value is -2.16. The number of ether oxygens (including phenoxy) is 1. The van der Waals surface area contributed by atoms with E-state index in [-0.39, 0.29) is 17.3 Å². The van der Waals surface area contributed by atoms with Gasteiger partial charge in [0.25, 0.3) is 0 Å². The SMILES string of the molecule is N=C1C=CC(=O)C=C1Oc1ccccc1. The van der Waals surface area contributed by atoms with Gasteiger partial charge in [-0.3, -0.25) is 10.2 Å². The third kappa shape index (κ3) is 2.20. The molecule has 0 fully saturated rings. The van der Waals surface area contributed by atoms with Crippen LogP contribution in [-0.2, 0) is 4.79 Å². The third-order valence-electron chi connectivity index (χ3n) is 1.92. The summed E-state index contributed by atoms with van der Waals surface area (Å²) in [7, 11) is 0. The number of hydrogen-bond acceptors (Lipinski definition) is 3. The van der Waals surface area contributed by atoms with Gasteiger partial charge in [-0.2, -0.15) is 0 Å². The van der Waals surface area contributed by atoms with Crippen molar-refractivity contribution in [1.29, 1.82) is 5.41 Å². The molecule has 0 atom stereocenters. The molecule has 0 aliphatic heterocycles. The second kappa shape index (κ2) is 3.92. The van der Waals surface area contributed by atoms with Crippen molar-refractivity contribution >= 4 is 11.5 Å². The van der Waals surface area contributed by atoms with Gasteiger partial charge in [0.15, 0.2) is 11.5 Å². The van der Waals surface area contributed by atoms with Crippen LogP contribution in [-0.4, -0.2) is 11.5 Å². The normalized spacial score (nSPS) is 15.1. The highest BCUT2D eigenvalue weighted by atomic mass is 16.5. The van der Waals surface area contributed by atoms with Gasteiger partial charge >= 0.3 is 0 Å². The first-order valence-electron chi connectivity index (χ1n) is 4.51. The maximum absolute atomic E-state index is 11.1. The molecule has 1 aliphatic carbocycles. The number of carbonyl (C=O) groups excluding carboxylic acids is 1. The van der Waals surface area contributed by atoms with E-state index in [9.17, 15) is 4.79 Å². The number of nitrogens with one attached hydrogen (secondary N) is 1. The van der Waals surface area contributed by atoms with Crippen LogP contribution in [0.3, 0.4) is 0 Å². The van der Waals surface area contributed by atoms with Crippen LogP contribution in [0, 0.1) is 5.41 Å². The Kier molecular flexibility index (Phi) is 2.46. The van der Waals surface area contributed by atoms with Crippen LogP contribution in [0.1, 0.15) is 0 Å². The first-order chi connectivity index (χ1) is 7.25. The Morgan fingerprint density at radius 2 is 1.80 bits per heavy atom. The van der Waals surface area contributed by atoms with Crippen LogP contribution in [0.5, 0.6) is 5.75 Å². The quantitative estimate of drug-likeness (QED) is 0.741. The largest absolute Gasteiger partial charge is 0.455 e. The fourth-order valence-electron chi connectivity index (χ4n) is 1.20. The van der Waals surface area contributed by atoms with Crippen molar-refractivity contribution in [3.05, 3.63) is 54.3 Å². The Morgan fingerprint density at radius 3 is 2.53 bits per heavy atom. The van der Waals surface area contributed by atoms with Crippen molar-refractivity contribution in [1.82, 2.24) is 0 Å². The highest BCUT2D eigenvalue weighted by molar-refractivity contribution is 6.17. The van der Waals surface area contributed by atoms with Crippen LogP contribution in [0.2, 0.25) is 0 Å². The molecule has 3 nitrogen and oxygen atoms in total. The number of rotatable bonds is 2. The fourth-order valence-corrected chi connectivity index (χ4v) is 1.20. The molecule has 0 saturated carbocycles. The van der Waals surface area contributed by atoms with Gasteiger partial charge in [0.2, 0.25) is 0 Å². The van der Waals surface area contributed by atoms with E-state index in [1.54, 1.807) is 12.1 Å². The highest BCUT2D eigenvalue weighted by Crippen LogP contribution is 2.15. The summed E-state index contributed by atoms with van der Waals surface area (Å²) in [6.07, 6.45) is 4.09. The first kappa shape index (κ1) is 9.40. The summed E-state index contributed by atoms with van der Waals surface area (Å²) >= 11 is 0. The molecule has 0 unspecified atom stereocenters. The molecule has 1 aliphatic rings. The van der Waals surface area contributed by atoms with Crippen molar-refractivity contribution in [3.63, 3.8) is 0 Å². The number of ketones is 1. The van der Waals surface area contributed by atoms with Crippen LogP contribution >= 0.6 is 0 Å². The lowest BCUT2D eigenvalue weighted by Crippen LogP contribution is -2.11. The minimum atomic E-state index is -0.156. The zero-order valence-electron chi connectivity index (χ0n) is 7.94. The van der Waals surface area contributed by atoms with E-state index >= 15 is 0 Å². The van der Waals surface area contributed by atoms with Gasteiger partial charge in [-0.1, -0.05) is 18.2 Å². The van der Waals surface area contributed by atoms with E-state index in [4.69, 9.17) is 10.1 Å². The lowest BCUT2D eigenvalue weighted by molar-refractivity contribution is -0.110. The zero-order chi connectivity index (χ0) is 10.7. The molecular formula is C12H9NO2. The summed E-state index contributed by atoms with van der Waals surface area (Å²) in [5.41, 5.74) is 0.207. The summed E-state index contributed by atoms with van der Waals surface area (Å²) in [5.74, 6) is 0.752. The van der Waals surface area contributed by atoms with E-state index < -0.39 is 0 Å². The minimum absolute atomic E-state index is 0.156. The number of benzene rings is 1. The molecular weight excluding hydrogens is 190 g/mol. The molecule has 0 heterocycles. The molecule has 1 N–H and O–H groups in total. The van der Waals surface area contributed by atoms with Gasteiger partial charge < -0.3 is 4.74 Å². The van der Waals surface area contributed by atoms with E-state index in [1.165, 1.54) is 18.2 Å². The number of carbonyl (C=O) groups is 1. The van der Waals surface area contributed by atoms with Gasteiger partial charge in [-0.25, -0.2) is 0 Å². The van der Waals surface area contributed by atoms with E-state index in [1.807, 2.05) is 18.2 Å². The second-order valence-corrected chi connectivity index (χ2v) is 3.07. The van der Waals surface area contributed by atoms with Gasteiger partial charge in [0.1, 0.15) is 5.75 Å². The van der Waals surface area contributed by atoms with Gasteiger partial charge in [-0.15, -0.1) is 0 Å². The van der Waals surface area contributed by atoms with Crippen molar-refractivity contribution < 1.29 is 9.53 Å². The Bertz CT molecular complexity index is 458. The number of para-hydroxylation sites is 1. The average Bonchev–Trinajstić information content (AvgIpc) is 2.25. The van der Waals surface area contributed by atoms with Gasteiger partial charge in [0.05, 0.1) is 5.71 Å². The summed E-state index contributed by atoms with van der Waals surface area (Å²) in [5, 5.41) is 7.55. The molecule has 0 radical (unpaired) electrons. The third-order valence-corrected chi connectivity index (χ3v) is 1.92. The minimum Gasteiger partial charge on any atom is -0.455 e. The topological polar surface area (TPSA) is 50.2 Å². The predicted molar refractivity (Wildman–Crippen MR) is 57.0 cm³/mol. The molecule has 3 heteroatoms. The standard InChI is InChI=1S/C12H9NO2/c13-11-7-6-9(14)8-12(11)15-10-4-2-1-3-5-10/h1-8,13H. The Morgan fingerprint density at radius 1 is 1.07 bits per heavy atom. The maximum atomic E-state index is 11.1. The molecule has 0 spiro atoms. The average molecular weight is 199 g/mol. The van der Waals surface area contributed by atoms with Crippen LogP contribution < -0.4 is 4.74 Å². The molecule has 2 rings (SSSR count). The van der Waals surface area contributed by atoms with E-state index in [0.717, 1.165) is 0 Å². The molecule has 0 amide bonds. The van der Waals surface area contributed by atoms with Gasteiger partial charge in [0, 0.05) is 6.08 Å². The Labute approximate surface area is 87.2 Å². The van der Waals surface area contributed by atoms with Gasteiger partial charge in [-0.05, 0) is 24.3 Å².